The molecule has 0 saturated carbocycles. The van der Waals surface area contributed by atoms with Crippen LogP contribution in [0.2, 0.25) is 0 Å². The van der Waals surface area contributed by atoms with Gasteiger partial charge < -0.3 is 0 Å². The summed E-state index contributed by atoms with van der Waals surface area (Å²) in [6.45, 7) is 6.05. The van der Waals surface area contributed by atoms with Gasteiger partial charge in [0.1, 0.15) is 0 Å². The predicted molar refractivity (Wildman–Crippen MR) is 36.8 cm³/mol. The molecule has 10 heavy (non-hydrogen) atoms. The number of carbonyl (C=O) groups is 1. The van der Waals surface area contributed by atoms with E-state index in [-0.39, 0.29) is 5.91 Å². The van der Waals surface area contributed by atoms with Crippen LogP contribution in [-0.2, 0) is 9.63 Å². The first kappa shape index (κ1) is 7.28. The molecule has 1 fully saturated rings. The van der Waals surface area contributed by atoms with E-state index >= 15 is 0 Å². The van der Waals surface area contributed by atoms with E-state index in [0.717, 1.165) is 12.1 Å². The van der Waals surface area contributed by atoms with Gasteiger partial charge in [-0.25, -0.2) is 0 Å². The van der Waals surface area contributed by atoms with Crippen LogP contribution in [-0.4, -0.2) is 17.6 Å². The summed E-state index contributed by atoms with van der Waals surface area (Å²) in [6.07, 6.45) is 1.28. The summed E-state index contributed by atoms with van der Waals surface area (Å²) in [6, 6.07) is 0. The molecule has 0 aromatic carbocycles. The molecule has 0 atom stereocenters. The van der Waals surface area contributed by atoms with E-state index in [1.807, 2.05) is 6.92 Å². The number of rotatable bonds is 2. The smallest absolute Gasteiger partial charge is 0.250 e. The summed E-state index contributed by atoms with van der Waals surface area (Å²) in [5.74, 6) is 0.0202. The third-order valence-corrected chi connectivity index (χ3v) is 1.40. The minimum absolute atomic E-state index is 0.0202. The Morgan fingerprint density at radius 3 is 2.80 bits per heavy atom. The molecular formula is C7H11NO2. The van der Waals surface area contributed by atoms with Crippen LogP contribution >= 0.6 is 0 Å². The van der Waals surface area contributed by atoms with Gasteiger partial charge in [0.2, 0.25) is 0 Å². The monoisotopic (exact) mass is 141 g/mol. The van der Waals surface area contributed by atoms with Gasteiger partial charge in [-0.2, -0.15) is 5.06 Å². The lowest BCUT2D eigenvalue weighted by atomic mass is 10.3. The van der Waals surface area contributed by atoms with Crippen molar-refractivity contribution in [2.45, 2.75) is 19.8 Å². The van der Waals surface area contributed by atoms with Gasteiger partial charge in [0.05, 0.1) is 6.61 Å². The number of carbonyl (C=O) groups excluding carboxylic acids is 1. The number of amides is 1. The Bertz CT molecular complexity index is 149. The van der Waals surface area contributed by atoms with Crippen molar-refractivity contribution < 1.29 is 9.63 Å². The Labute approximate surface area is 60.2 Å². The van der Waals surface area contributed by atoms with Crippen LogP contribution in [0.25, 0.3) is 0 Å². The van der Waals surface area contributed by atoms with E-state index in [1.165, 1.54) is 5.06 Å². The third-order valence-electron chi connectivity index (χ3n) is 1.40. The fourth-order valence-electron chi connectivity index (χ4n) is 0.923. The number of hydrogen-bond acceptors (Lipinski definition) is 2. The molecule has 3 heteroatoms. The lowest BCUT2D eigenvalue weighted by molar-refractivity contribution is -0.166. The van der Waals surface area contributed by atoms with Gasteiger partial charge >= 0.3 is 0 Å². The van der Waals surface area contributed by atoms with Crippen molar-refractivity contribution in [2.75, 3.05) is 6.61 Å². The zero-order valence-electron chi connectivity index (χ0n) is 6.09. The molecule has 56 valence electrons. The lowest BCUT2D eigenvalue weighted by Crippen LogP contribution is -2.22. The number of allylic oxidation sites excluding steroid dienone is 1. The van der Waals surface area contributed by atoms with Gasteiger partial charge in [-0.3, -0.25) is 9.63 Å². The summed E-state index contributed by atoms with van der Waals surface area (Å²) >= 11 is 0. The van der Waals surface area contributed by atoms with E-state index in [9.17, 15) is 4.79 Å². The van der Waals surface area contributed by atoms with Crippen LogP contribution in [0.3, 0.4) is 0 Å². The molecule has 1 rings (SSSR count). The second-order valence-corrected chi connectivity index (χ2v) is 2.17. The van der Waals surface area contributed by atoms with Crippen LogP contribution in [0.15, 0.2) is 12.3 Å². The average Bonchev–Trinajstić information content (AvgIpc) is 2.20. The minimum Gasteiger partial charge on any atom is -0.272 e. The lowest BCUT2D eigenvalue weighted by Gasteiger charge is -2.14. The zero-order chi connectivity index (χ0) is 7.56. The fraction of sp³-hybridized carbons (Fsp3) is 0.571. The Morgan fingerprint density at radius 2 is 2.40 bits per heavy atom. The first-order valence-corrected chi connectivity index (χ1v) is 3.39. The number of hydrogen-bond donors (Lipinski definition) is 0. The predicted octanol–water partition coefficient (Wildman–Crippen LogP) is 1.07. The van der Waals surface area contributed by atoms with E-state index in [2.05, 4.69) is 6.58 Å². The van der Waals surface area contributed by atoms with Crippen molar-refractivity contribution >= 4 is 5.91 Å². The Hall–Kier alpha value is -0.830. The van der Waals surface area contributed by atoms with Gasteiger partial charge in [0, 0.05) is 12.1 Å². The molecule has 0 aliphatic carbocycles. The molecular weight excluding hydrogens is 130 g/mol. The van der Waals surface area contributed by atoms with E-state index in [4.69, 9.17) is 4.84 Å². The van der Waals surface area contributed by atoms with Crippen molar-refractivity contribution in [3.05, 3.63) is 12.3 Å². The highest BCUT2D eigenvalue weighted by atomic mass is 16.7. The standard InChI is InChI=1S/C7H11NO2/c1-3-10-8-6(2)4-5-7(8)9/h2-5H2,1H3. The van der Waals surface area contributed by atoms with Gasteiger partial charge in [-0.15, -0.1) is 0 Å². The highest BCUT2D eigenvalue weighted by Crippen LogP contribution is 2.20. The van der Waals surface area contributed by atoms with Crippen LogP contribution in [0.5, 0.6) is 0 Å². The first-order valence-electron chi connectivity index (χ1n) is 3.39. The van der Waals surface area contributed by atoms with Crippen LogP contribution < -0.4 is 0 Å². The summed E-state index contributed by atoms with van der Waals surface area (Å²) < 4.78 is 0. The summed E-state index contributed by atoms with van der Waals surface area (Å²) in [4.78, 5) is 15.9. The normalized spacial score (nSPS) is 18.7. The highest BCUT2D eigenvalue weighted by Gasteiger charge is 2.24. The van der Waals surface area contributed by atoms with Crippen LogP contribution in [0, 0.1) is 0 Å². The fourth-order valence-corrected chi connectivity index (χ4v) is 0.923. The molecule has 1 aliphatic rings. The number of hydroxylamine groups is 2. The SMILES string of the molecule is C=C1CCC(=O)N1OCC. The molecule has 1 aliphatic heterocycles. The summed E-state index contributed by atoms with van der Waals surface area (Å²) in [5, 5.41) is 1.29. The quantitative estimate of drug-likeness (QED) is 0.575. The topological polar surface area (TPSA) is 29.5 Å². The third kappa shape index (κ3) is 1.19. The maximum Gasteiger partial charge on any atom is 0.250 e. The molecule has 0 aromatic heterocycles. The largest absolute Gasteiger partial charge is 0.272 e. The minimum atomic E-state index is 0.0202. The molecule has 1 heterocycles. The molecule has 0 radical (unpaired) electrons. The second-order valence-electron chi connectivity index (χ2n) is 2.17. The Morgan fingerprint density at radius 1 is 1.70 bits per heavy atom. The van der Waals surface area contributed by atoms with Crippen molar-refractivity contribution in [1.82, 2.24) is 5.06 Å². The van der Waals surface area contributed by atoms with Gasteiger partial charge in [0.25, 0.3) is 5.91 Å². The average molecular weight is 141 g/mol. The summed E-state index contributed by atoms with van der Waals surface area (Å²) in [5.41, 5.74) is 0.770. The molecule has 0 unspecified atom stereocenters. The van der Waals surface area contributed by atoms with Crippen molar-refractivity contribution in [3.63, 3.8) is 0 Å². The first-order chi connectivity index (χ1) is 4.75. The molecule has 3 nitrogen and oxygen atoms in total. The van der Waals surface area contributed by atoms with Crippen LogP contribution in [0.1, 0.15) is 19.8 Å². The summed E-state index contributed by atoms with van der Waals surface area (Å²) in [7, 11) is 0. The van der Waals surface area contributed by atoms with Gasteiger partial charge in [0.15, 0.2) is 0 Å². The molecule has 1 amide bonds. The highest BCUT2D eigenvalue weighted by molar-refractivity contribution is 5.79. The van der Waals surface area contributed by atoms with E-state index in [0.29, 0.717) is 13.0 Å². The maximum atomic E-state index is 10.9. The molecule has 1 saturated heterocycles. The van der Waals surface area contributed by atoms with E-state index < -0.39 is 0 Å². The molecule has 0 spiro atoms. The molecule has 0 bridgehead atoms. The maximum absolute atomic E-state index is 10.9. The van der Waals surface area contributed by atoms with Crippen molar-refractivity contribution in [3.8, 4) is 0 Å². The second kappa shape index (κ2) is 2.84. The Balaban J connectivity index is 2.54. The van der Waals surface area contributed by atoms with Gasteiger partial charge in [-0.05, 0) is 13.3 Å². The molecule has 0 N–H and O–H groups in total. The zero-order valence-corrected chi connectivity index (χ0v) is 6.09. The van der Waals surface area contributed by atoms with Gasteiger partial charge in [-0.1, -0.05) is 6.58 Å². The number of nitrogens with zero attached hydrogens (tertiary/aromatic N) is 1. The van der Waals surface area contributed by atoms with Crippen LogP contribution in [0.4, 0.5) is 0 Å². The molecule has 0 aromatic rings. The van der Waals surface area contributed by atoms with Crippen molar-refractivity contribution in [2.24, 2.45) is 0 Å². The van der Waals surface area contributed by atoms with E-state index in [1.54, 1.807) is 0 Å². The van der Waals surface area contributed by atoms with Crippen molar-refractivity contribution in [1.29, 1.82) is 0 Å². The Kier molecular flexibility index (Phi) is 2.06.